The average Bonchev–Trinajstić information content (AvgIpc) is 3.28. The van der Waals surface area contributed by atoms with Gasteiger partial charge in [0.2, 0.25) is 5.91 Å². The Kier molecular flexibility index (Phi) is 4.38. The lowest BCUT2D eigenvalue weighted by Gasteiger charge is -2.30. The number of rotatable bonds is 7. The van der Waals surface area contributed by atoms with Crippen LogP contribution in [0, 0.1) is 0 Å². The highest BCUT2D eigenvalue weighted by Crippen LogP contribution is 2.27. The molecule has 3 rings (SSSR count). The smallest absolute Gasteiger partial charge is 0.221 e. The van der Waals surface area contributed by atoms with Gasteiger partial charge in [-0.1, -0.05) is 6.42 Å². The maximum Gasteiger partial charge on any atom is 0.221 e. The maximum atomic E-state index is 11.8. The highest BCUT2D eigenvalue weighted by molar-refractivity contribution is 5.76. The van der Waals surface area contributed by atoms with E-state index in [-0.39, 0.29) is 5.91 Å². The van der Waals surface area contributed by atoms with Crippen LogP contribution in [-0.2, 0) is 4.79 Å². The fourth-order valence-electron chi connectivity index (χ4n) is 3.00. The number of hydrogen-bond donors (Lipinski definition) is 2. The molecule has 4 heteroatoms. The summed E-state index contributed by atoms with van der Waals surface area (Å²) >= 11 is 0. The van der Waals surface area contributed by atoms with E-state index in [4.69, 9.17) is 0 Å². The van der Waals surface area contributed by atoms with Gasteiger partial charge in [0.15, 0.2) is 0 Å². The average molecular weight is 265 g/mol. The van der Waals surface area contributed by atoms with E-state index in [9.17, 15) is 4.79 Å². The van der Waals surface area contributed by atoms with Gasteiger partial charge in [0.25, 0.3) is 0 Å². The standard InChI is InChI=1S/C15H27N3O/c19-15(17-12-4-5-12)8-10-18(14-6-7-14)11-13-3-1-2-9-16-13/h12-14,16H,1-11H2,(H,17,19). The maximum absolute atomic E-state index is 11.8. The summed E-state index contributed by atoms with van der Waals surface area (Å²) in [6, 6.07) is 1.92. The molecule has 1 unspecified atom stereocenters. The van der Waals surface area contributed by atoms with E-state index in [2.05, 4.69) is 15.5 Å². The SMILES string of the molecule is O=C(CCN(CC1CCCCN1)C1CC1)NC1CC1. The molecule has 1 amide bonds. The summed E-state index contributed by atoms with van der Waals surface area (Å²) in [5.41, 5.74) is 0. The predicted molar refractivity (Wildman–Crippen MR) is 76.0 cm³/mol. The normalized spacial score (nSPS) is 27.5. The molecule has 2 aliphatic carbocycles. The highest BCUT2D eigenvalue weighted by atomic mass is 16.1. The van der Waals surface area contributed by atoms with Gasteiger partial charge < -0.3 is 10.6 Å². The molecule has 0 bridgehead atoms. The summed E-state index contributed by atoms with van der Waals surface area (Å²) in [5, 5.41) is 6.71. The molecule has 1 saturated heterocycles. The first-order valence-electron chi connectivity index (χ1n) is 8.08. The first kappa shape index (κ1) is 13.4. The van der Waals surface area contributed by atoms with Crippen molar-refractivity contribution in [1.82, 2.24) is 15.5 Å². The Labute approximate surface area is 116 Å². The van der Waals surface area contributed by atoms with Crippen molar-refractivity contribution in [3.05, 3.63) is 0 Å². The molecule has 0 radical (unpaired) electrons. The van der Waals surface area contributed by atoms with Gasteiger partial charge in [-0.2, -0.15) is 0 Å². The largest absolute Gasteiger partial charge is 0.353 e. The second-order valence-electron chi connectivity index (χ2n) is 6.46. The number of carbonyl (C=O) groups excluding carboxylic acids is 1. The van der Waals surface area contributed by atoms with Gasteiger partial charge in [-0.25, -0.2) is 0 Å². The minimum Gasteiger partial charge on any atom is -0.353 e. The minimum atomic E-state index is 0.254. The molecule has 1 heterocycles. The third-order valence-electron chi connectivity index (χ3n) is 4.50. The van der Waals surface area contributed by atoms with Gasteiger partial charge in [0.05, 0.1) is 0 Å². The van der Waals surface area contributed by atoms with Crippen molar-refractivity contribution < 1.29 is 4.79 Å². The molecular formula is C15H27N3O. The Morgan fingerprint density at radius 3 is 2.63 bits per heavy atom. The summed E-state index contributed by atoms with van der Waals surface area (Å²) in [7, 11) is 0. The van der Waals surface area contributed by atoms with E-state index in [1.165, 1.54) is 51.5 Å². The summed E-state index contributed by atoms with van der Waals surface area (Å²) in [5.74, 6) is 0.254. The molecule has 3 aliphatic rings. The number of nitrogens with one attached hydrogen (secondary N) is 2. The Bertz CT molecular complexity index is 307. The third kappa shape index (κ3) is 4.46. The molecule has 3 fully saturated rings. The first-order valence-corrected chi connectivity index (χ1v) is 8.08. The molecule has 4 nitrogen and oxygen atoms in total. The third-order valence-corrected chi connectivity index (χ3v) is 4.50. The van der Waals surface area contributed by atoms with E-state index in [0.717, 1.165) is 19.1 Å². The van der Waals surface area contributed by atoms with Gasteiger partial charge in [-0.05, 0) is 45.1 Å². The zero-order valence-electron chi connectivity index (χ0n) is 11.9. The van der Waals surface area contributed by atoms with Crippen LogP contribution >= 0.6 is 0 Å². The Hall–Kier alpha value is -0.610. The van der Waals surface area contributed by atoms with Crippen LogP contribution in [0.1, 0.15) is 51.4 Å². The molecule has 0 aromatic carbocycles. The summed E-state index contributed by atoms with van der Waals surface area (Å²) in [6.07, 6.45) is 9.70. The second-order valence-corrected chi connectivity index (χ2v) is 6.46. The van der Waals surface area contributed by atoms with E-state index >= 15 is 0 Å². The number of carbonyl (C=O) groups is 1. The molecule has 0 aromatic rings. The molecule has 108 valence electrons. The van der Waals surface area contributed by atoms with Crippen LogP contribution in [0.15, 0.2) is 0 Å². The van der Waals surface area contributed by atoms with Crippen molar-refractivity contribution in [2.75, 3.05) is 19.6 Å². The predicted octanol–water partition coefficient (Wildman–Crippen LogP) is 1.26. The molecule has 0 spiro atoms. The molecule has 19 heavy (non-hydrogen) atoms. The van der Waals surface area contributed by atoms with Crippen LogP contribution < -0.4 is 10.6 Å². The number of piperidine rings is 1. The van der Waals surface area contributed by atoms with E-state index in [1.807, 2.05) is 0 Å². The lowest BCUT2D eigenvalue weighted by Crippen LogP contribution is -2.45. The van der Waals surface area contributed by atoms with Crippen molar-refractivity contribution in [3.63, 3.8) is 0 Å². The van der Waals surface area contributed by atoms with Crippen LogP contribution in [0.5, 0.6) is 0 Å². The fourth-order valence-corrected chi connectivity index (χ4v) is 3.00. The summed E-state index contributed by atoms with van der Waals surface area (Å²) < 4.78 is 0. The number of amides is 1. The van der Waals surface area contributed by atoms with E-state index in [1.54, 1.807) is 0 Å². The van der Waals surface area contributed by atoms with Crippen LogP contribution in [0.2, 0.25) is 0 Å². The molecule has 2 saturated carbocycles. The Morgan fingerprint density at radius 1 is 1.16 bits per heavy atom. The lowest BCUT2D eigenvalue weighted by molar-refractivity contribution is -0.121. The minimum absolute atomic E-state index is 0.254. The number of nitrogens with zero attached hydrogens (tertiary/aromatic N) is 1. The first-order chi connectivity index (χ1) is 9.31. The summed E-state index contributed by atoms with van der Waals surface area (Å²) in [4.78, 5) is 14.3. The molecule has 1 atom stereocenters. The zero-order chi connectivity index (χ0) is 13.1. The van der Waals surface area contributed by atoms with Crippen molar-refractivity contribution in [1.29, 1.82) is 0 Å². The van der Waals surface area contributed by atoms with Crippen molar-refractivity contribution >= 4 is 5.91 Å². The van der Waals surface area contributed by atoms with Crippen LogP contribution in [0.3, 0.4) is 0 Å². The number of hydrogen-bond acceptors (Lipinski definition) is 3. The monoisotopic (exact) mass is 265 g/mol. The summed E-state index contributed by atoms with van der Waals surface area (Å²) in [6.45, 7) is 3.26. The van der Waals surface area contributed by atoms with Gasteiger partial charge in [-0.15, -0.1) is 0 Å². The van der Waals surface area contributed by atoms with Gasteiger partial charge in [0.1, 0.15) is 0 Å². The molecule has 2 N–H and O–H groups in total. The molecule has 0 aromatic heterocycles. The van der Waals surface area contributed by atoms with Crippen LogP contribution in [-0.4, -0.2) is 48.6 Å². The lowest BCUT2D eigenvalue weighted by atomic mass is 10.0. The zero-order valence-corrected chi connectivity index (χ0v) is 11.9. The van der Waals surface area contributed by atoms with Crippen LogP contribution in [0.25, 0.3) is 0 Å². The Balaban J connectivity index is 1.40. The van der Waals surface area contributed by atoms with Crippen molar-refractivity contribution in [2.45, 2.75) is 69.5 Å². The highest BCUT2D eigenvalue weighted by Gasteiger charge is 2.31. The fraction of sp³-hybridized carbons (Fsp3) is 0.933. The molecule has 1 aliphatic heterocycles. The van der Waals surface area contributed by atoms with E-state index < -0.39 is 0 Å². The van der Waals surface area contributed by atoms with Crippen molar-refractivity contribution in [3.8, 4) is 0 Å². The Morgan fingerprint density at radius 2 is 2.00 bits per heavy atom. The second kappa shape index (κ2) is 6.23. The quantitative estimate of drug-likeness (QED) is 0.728. The van der Waals surface area contributed by atoms with E-state index in [0.29, 0.717) is 18.5 Å². The van der Waals surface area contributed by atoms with Crippen molar-refractivity contribution in [2.24, 2.45) is 0 Å². The van der Waals surface area contributed by atoms with Gasteiger partial charge in [0, 0.05) is 37.6 Å². The van der Waals surface area contributed by atoms with Crippen LogP contribution in [0.4, 0.5) is 0 Å². The topological polar surface area (TPSA) is 44.4 Å². The van der Waals surface area contributed by atoms with Gasteiger partial charge in [-0.3, -0.25) is 9.69 Å². The molecular weight excluding hydrogens is 238 g/mol. The van der Waals surface area contributed by atoms with Gasteiger partial charge >= 0.3 is 0 Å².